The number of nitrogens with one attached hydrogen (secondary N) is 2. The minimum Gasteiger partial charge on any atom is -0.459 e. The number of benzene rings is 1. The summed E-state index contributed by atoms with van der Waals surface area (Å²) < 4.78 is 6.84. The van der Waals surface area contributed by atoms with Crippen molar-refractivity contribution < 1.29 is 14.0 Å². The average Bonchev–Trinajstić information content (AvgIpc) is 3.29. The van der Waals surface area contributed by atoms with Crippen LogP contribution in [0.4, 0.5) is 5.69 Å². The molecule has 2 amide bonds. The van der Waals surface area contributed by atoms with Crippen LogP contribution in [-0.4, -0.2) is 27.9 Å². The number of nitrogens with zero attached hydrogens (tertiary/aromatic N) is 2. The van der Waals surface area contributed by atoms with E-state index in [-0.39, 0.29) is 30.5 Å². The van der Waals surface area contributed by atoms with Crippen LogP contribution in [0.15, 0.2) is 65.8 Å². The van der Waals surface area contributed by atoms with Gasteiger partial charge in [0.1, 0.15) is 0 Å². The maximum absolute atomic E-state index is 11.9. The van der Waals surface area contributed by atoms with Gasteiger partial charge >= 0.3 is 0 Å². The molecule has 2 aromatic heterocycles. The topological polar surface area (TPSA) is 89.2 Å². The highest BCUT2D eigenvalue weighted by Crippen LogP contribution is 2.13. The number of amides is 2. The lowest BCUT2D eigenvalue weighted by Crippen LogP contribution is -2.27. The smallest absolute Gasteiger partial charge is 0.286 e. The molecule has 0 atom stereocenters. The first-order chi connectivity index (χ1) is 11.7. The van der Waals surface area contributed by atoms with Crippen LogP contribution in [0.3, 0.4) is 0 Å². The van der Waals surface area contributed by atoms with Gasteiger partial charge in [0, 0.05) is 36.7 Å². The van der Waals surface area contributed by atoms with E-state index in [0.29, 0.717) is 5.69 Å². The standard InChI is InChI=1S/C17H16N4O3/c22-16(7-8-19-17(23)15-2-1-11-24-15)20-13-3-5-14(6-4-13)21-10-9-18-12-21/h1-6,9-12H,7-8H2,(H,19,23)(H,20,22). The average molecular weight is 324 g/mol. The quantitative estimate of drug-likeness (QED) is 0.727. The monoisotopic (exact) mass is 324 g/mol. The van der Waals surface area contributed by atoms with Gasteiger partial charge in [0.2, 0.25) is 5.91 Å². The van der Waals surface area contributed by atoms with Gasteiger partial charge in [-0.15, -0.1) is 0 Å². The molecule has 0 aliphatic heterocycles. The van der Waals surface area contributed by atoms with Gasteiger partial charge in [0.05, 0.1) is 12.6 Å². The van der Waals surface area contributed by atoms with Crippen molar-refractivity contribution in [3.63, 3.8) is 0 Å². The molecular weight excluding hydrogens is 308 g/mol. The van der Waals surface area contributed by atoms with Gasteiger partial charge in [-0.2, -0.15) is 0 Å². The minimum atomic E-state index is -0.336. The third kappa shape index (κ3) is 3.89. The molecular formula is C17H16N4O3. The Morgan fingerprint density at radius 1 is 1.17 bits per heavy atom. The predicted molar refractivity (Wildman–Crippen MR) is 87.9 cm³/mol. The zero-order valence-corrected chi connectivity index (χ0v) is 12.8. The van der Waals surface area contributed by atoms with Gasteiger partial charge in [-0.05, 0) is 36.4 Å². The number of hydrogen-bond donors (Lipinski definition) is 2. The van der Waals surface area contributed by atoms with Gasteiger partial charge in [-0.25, -0.2) is 4.98 Å². The van der Waals surface area contributed by atoms with E-state index in [1.807, 2.05) is 35.0 Å². The molecule has 3 rings (SSSR count). The molecule has 0 bridgehead atoms. The summed E-state index contributed by atoms with van der Waals surface area (Å²) in [5.74, 6) is -0.284. The highest BCUT2D eigenvalue weighted by atomic mass is 16.3. The van der Waals surface area contributed by atoms with Crippen molar-refractivity contribution in [3.8, 4) is 5.69 Å². The molecule has 7 heteroatoms. The minimum absolute atomic E-state index is 0.176. The lowest BCUT2D eigenvalue weighted by molar-refractivity contribution is -0.116. The number of rotatable bonds is 6. The second-order valence-electron chi connectivity index (χ2n) is 5.05. The Labute approximate surface area is 138 Å². The molecule has 0 spiro atoms. The van der Waals surface area contributed by atoms with E-state index < -0.39 is 0 Å². The maximum atomic E-state index is 11.9. The molecule has 0 radical (unpaired) electrons. The van der Waals surface area contributed by atoms with Crippen molar-refractivity contribution in [2.45, 2.75) is 6.42 Å². The first-order valence-corrected chi connectivity index (χ1v) is 7.42. The molecule has 0 aliphatic carbocycles. The summed E-state index contributed by atoms with van der Waals surface area (Å²) in [5, 5.41) is 5.41. The Morgan fingerprint density at radius 2 is 2.00 bits per heavy atom. The highest BCUT2D eigenvalue weighted by Gasteiger charge is 2.09. The van der Waals surface area contributed by atoms with Crippen LogP contribution < -0.4 is 10.6 Å². The Hall–Kier alpha value is -3.35. The first-order valence-electron chi connectivity index (χ1n) is 7.42. The van der Waals surface area contributed by atoms with E-state index in [1.54, 1.807) is 24.7 Å². The summed E-state index contributed by atoms with van der Waals surface area (Å²) in [5.41, 5.74) is 1.65. The van der Waals surface area contributed by atoms with E-state index in [4.69, 9.17) is 4.42 Å². The number of anilines is 1. The van der Waals surface area contributed by atoms with Gasteiger partial charge in [0.15, 0.2) is 5.76 Å². The molecule has 3 aromatic rings. The zero-order valence-electron chi connectivity index (χ0n) is 12.8. The molecule has 2 heterocycles. The van der Waals surface area contributed by atoms with Gasteiger partial charge in [-0.1, -0.05) is 0 Å². The molecule has 122 valence electrons. The van der Waals surface area contributed by atoms with Crippen molar-refractivity contribution in [3.05, 3.63) is 67.1 Å². The number of imidazole rings is 1. The number of carbonyl (C=O) groups excluding carboxylic acids is 2. The third-order valence-electron chi connectivity index (χ3n) is 3.34. The zero-order chi connectivity index (χ0) is 16.8. The van der Waals surface area contributed by atoms with E-state index >= 15 is 0 Å². The molecule has 2 N–H and O–H groups in total. The van der Waals surface area contributed by atoms with Crippen LogP contribution >= 0.6 is 0 Å². The van der Waals surface area contributed by atoms with Gasteiger partial charge in [0.25, 0.3) is 5.91 Å². The van der Waals surface area contributed by atoms with Crippen molar-refractivity contribution in [2.75, 3.05) is 11.9 Å². The van der Waals surface area contributed by atoms with Crippen LogP contribution in [0.5, 0.6) is 0 Å². The fourth-order valence-electron chi connectivity index (χ4n) is 2.14. The lowest BCUT2D eigenvalue weighted by atomic mass is 10.2. The molecule has 7 nitrogen and oxygen atoms in total. The Balaban J connectivity index is 1.46. The van der Waals surface area contributed by atoms with E-state index in [0.717, 1.165) is 5.69 Å². The predicted octanol–water partition coefficient (Wildman–Crippen LogP) is 2.22. The molecule has 0 saturated heterocycles. The fraction of sp³-hybridized carbons (Fsp3) is 0.118. The van der Waals surface area contributed by atoms with Crippen LogP contribution in [0.2, 0.25) is 0 Å². The number of furan rings is 1. The van der Waals surface area contributed by atoms with Crippen LogP contribution in [0, 0.1) is 0 Å². The summed E-state index contributed by atoms with van der Waals surface area (Å²) >= 11 is 0. The number of aromatic nitrogens is 2. The van der Waals surface area contributed by atoms with E-state index in [9.17, 15) is 9.59 Å². The highest BCUT2D eigenvalue weighted by molar-refractivity contribution is 5.93. The maximum Gasteiger partial charge on any atom is 0.286 e. The largest absolute Gasteiger partial charge is 0.459 e. The molecule has 24 heavy (non-hydrogen) atoms. The Kier molecular flexibility index (Phi) is 4.71. The second-order valence-corrected chi connectivity index (χ2v) is 5.05. The molecule has 0 unspecified atom stereocenters. The number of hydrogen-bond acceptors (Lipinski definition) is 4. The third-order valence-corrected chi connectivity index (χ3v) is 3.34. The summed E-state index contributed by atoms with van der Waals surface area (Å²) in [4.78, 5) is 27.5. The van der Waals surface area contributed by atoms with Gasteiger partial charge in [-0.3, -0.25) is 9.59 Å². The van der Waals surface area contributed by atoms with Crippen molar-refractivity contribution in [1.82, 2.24) is 14.9 Å². The summed E-state index contributed by atoms with van der Waals surface area (Å²) in [7, 11) is 0. The van der Waals surface area contributed by atoms with Crippen molar-refractivity contribution >= 4 is 17.5 Å². The SMILES string of the molecule is O=C(CCNC(=O)c1ccco1)Nc1ccc(-n2ccnc2)cc1. The molecule has 0 aliphatic rings. The summed E-state index contributed by atoms with van der Waals surface area (Å²) in [6.07, 6.45) is 6.85. The van der Waals surface area contributed by atoms with Crippen LogP contribution in [0.25, 0.3) is 5.69 Å². The summed E-state index contributed by atoms with van der Waals surface area (Å²) in [6.45, 7) is 0.235. The van der Waals surface area contributed by atoms with Crippen LogP contribution in [0.1, 0.15) is 17.0 Å². The van der Waals surface area contributed by atoms with Gasteiger partial charge < -0.3 is 19.6 Å². The van der Waals surface area contributed by atoms with Crippen LogP contribution in [-0.2, 0) is 4.79 Å². The van der Waals surface area contributed by atoms with Crippen molar-refractivity contribution in [1.29, 1.82) is 0 Å². The Morgan fingerprint density at radius 3 is 2.67 bits per heavy atom. The molecule has 0 saturated carbocycles. The summed E-state index contributed by atoms with van der Waals surface area (Å²) in [6, 6.07) is 10.6. The molecule has 0 fully saturated rings. The van der Waals surface area contributed by atoms with Crippen molar-refractivity contribution in [2.24, 2.45) is 0 Å². The lowest BCUT2D eigenvalue weighted by Gasteiger charge is -2.07. The van der Waals surface area contributed by atoms with E-state index in [1.165, 1.54) is 6.26 Å². The fourth-order valence-corrected chi connectivity index (χ4v) is 2.14. The normalized spacial score (nSPS) is 10.3. The Bertz CT molecular complexity index is 793. The van der Waals surface area contributed by atoms with E-state index in [2.05, 4.69) is 15.6 Å². The first kappa shape index (κ1) is 15.5. The second kappa shape index (κ2) is 7.28. The molecule has 1 aromatic carbocycles. The number of carbonyl (C=O) groups is 2.